The van der Waals surface area contributed by atoms with Gasteiger partial charge in [-0.15, -0.1) is 43.9 Å². The summed E-state index contributed by atoms with van der Waals surface area (Å²) < 4.78 is 121. The van der Waals surface area contributed by atoms with Gasteiger partial charge in [0.1, 0.15) is 30.5 Å². The fraction of sp³-hybridized carbons (Fsp3) is 0.364. The summed E-state index contributed by atoms with van der Waals surface area (Å²) in [5.74, 6) is 2.41. The minimum absolute atomic E-state index is 0. The zero-order valence-corrected chi connectivity index (χ0v) is 43.4. The molecule has 16 nitrogen and oxygen atoms in total. The van der Waals surface area contributed by atoms with Gasteiger partial charge in [0, 0.05) is 52.3 Å². The summed E-state index contributed by atoms with van der Waals surface area (Å²) in [4.78, 5) is 20.1. The van der Waals surface area contributed by atoms with E-state index >= 15 is 0 Å². The van der Waals surface area contributed by atoms with Crippen molar-refractivity contribution in [2.45, 2.75) is 42.4 Å². The molecule has 0 aromatic carbocycles. The van der Waals surface area contributed by atoms with E-state index in [2.05, 4.69) is 95.9 Å². The molecule has 0 aliphatic heterocycles. The number of hydrogen-bond donors (Lipinski definition) is 0. The van der Waals surface area contributed by atoms with Gasteiger partial charge in [0.25, 0.3) is 0 Å². The molecule has 0 fully saturated rings. The van der Waals surface area contributed by atoms with Crippen LogP contribution in [0.3, 0.4) is 0 Å². The number of alkyl halides is 9. The van der Waals surface area contributed by atoms with E-state index in [4.69, 9.17) is 9.69 Å². The van der Waals surface area contributed by atoms with Gasteiger partial charge < -0.3 is 40.2 Å². The van der Waals surface area contributed by atoms with Crippen molar-refractivity contribution >= 4 is 89.3 Å². The number of thioether (sulfide) groups is 2. The molecule has 8 aromatic rings. The molecular weight excluding hydrogens is 1130 g/mol. The quantitative estimate of drug-likeness (QED) is 0.0812. The first-order chi connectivity index (χ1) is 29.5. The summed E-state index contributed by atoms with van der Waals surface area (Å²) in [6.07, 6.45) is -6.17. The van der Waals surface area contributed by atoms with Gasteiger partial charge in [-0.05, 0) is 46.7 Å². The predicted octanol–water partition coefficient (Wildman–Crippen LogP) is 2.29. The van der Waals surface area contributed by atoms with Gasteiger partial charge in [0.15, 0.2) is 34.2 Å². The first-order valence-electron chi connectivity index (χ1n) is 17.4. The average molecular weight is 1160 g/mol. The van der Waals surface area contributed by atoms with E-state index in [1.807, 2.05) is 43.7 Å². The van der Waals surface area contributed by atoms with Crippen LogP contribution in [0.4, 0.5) is 39.5 Å². The van der Waals surface area contributed by atoms with Gasteiger partial charge in [-0.25, -0.2) is 25.0 Å². The predicted molar refractivity (Wildman–Crippen MR) is 220 cm³/mol. The van der Waals surface area contributed by atoms with Gasteiger partial charge in [0.05, 0.1) is 19.0 Å². The molecule has 0 saturated heterocycles. The molecule has 0 N–H and O–H groups in total. The fourth-order valence-corrected chi connectivity index (χ4v) is 7.45. The van der Waals surface area contributed by atoms with Crippen LogP contribution >= 0.6 is 55.8 Å². The van der Waals surface area contributed by atoms with Crippen LogP contribution in [0.2, 0.25) is 0 Å². The third-order valence-corrected chi connectivity index (χ3v) is 11.1. The summed E-state index contributed by atoms with van der Waals surface area (Å²) in [5.41, 5.74) is -1.15. The number of halogens is 12. The van der Waals surface area contributed by atoms with Crippen molar-refractivity contribution in [3.05, 3.63) is 64.3 Å². The Kier molecular flexibility index (Phi) is 21.9. The number of aromatic nitrogens is 16. The van der Waals surface area contributed by atoms with E-state index in [9.17, 15) is 39.5 Å². The van der Waals surface area contributed by atoms with E-state index in [1.165, 1.54) is 20.5 Å². The van der Waals surface area contributed by atoms with E-state index < -0.39 is 35.6 Å². The van der Waals surface area contributed by atoms with Crippen molar-refractivity contribution in [3.8, 4) is 11.5 Å². The zero-order valence-electron chi connectivity index (χ0n) is 35.1. The summed E-state index contributed by atoms with van der Waals surface area (Å²) in [6, 6.07) is 2.63. The minimum atomic E-state index is -4.55. The standard InChI is InChI=1S/C13H13F3N6S.C7H5F3N4.C7H4F3N4.C6H9IN2S.2ClH.Li.Zn/c1-4-23-12-9(17-6-21(12)2)11-18-7-5-8(13(14,15)16)19-20-10(7)22(11)3;2*1-14-3-11-4-2-5(7(8,9)10)12-13-6(4)14;1-3-10-6-5(7)8-4-9(6)2;;;;/h5-6H,4H2,1-3H3;2-3H,1H3;2H,1H3;4H,3H2,1-2H3;2*1H;;/q;;-1;;;;+1;+2/p-2. The van der Waals surface area contributed by atoms with Crippen LogP contribution in [0, 0.1) is 10.0 Å². The molecule has 0 bridgehead atoms. The molecule has 0 spiro atoms. The Morgan fingerprint density at radius 1 is 0.615 bits per heavy atom. The average Bonchev–Trinajstić information content (AvgIpc) is 4.05. The molecule has 8 aromatic heterocycles. The van der Waals surface area contributed by atoms with Crippen LogP contribution < -0.4 is 31.3 Å². The minimum Gasteiger partial charge on any atom is 1.00 e. The topological polar surface area (TPSA) is 166 Å². The van der Waals surface area contributed by atoms with E-state index in [1.54, 1.807) is 43.8 Å². The fourth-order valence-electron chi connectivity index (χ4n) is 4.98. The Balaban J connectivity index is 0.000000304. The normalized spacial score (nSPS) is 11.3. The second-order valence-electron chi connectivity index (χ2n) is 12.3. The number of nitrogens with zero attached hydrogens (tertiary/aromatic N) is 16. The SMILES string of the molecule is CCSc1c(-c2nc3cc(C(F)(F)F)nnc3n2C)ncn1C.CCSc1c(I)ncn1C.Cn1[c-]nc2cc(C(F)(F)F)nnc21.Cn1cnc2cc(C(F)(F)F)nnc21.[Cl-].[Cl][Zn+].[Li+]. The Bertz CT molecular complexity index is 2670. The Hall–Kier alpha value is -3.33. The van der Waals surface area contributed by atoms with Gasteiger partial charge in [-0.2, -0.15) is 44.6 Å². The summed E-state index contributed by atoms with van der Waals surface area (Å²) in [5, 5.41) is 22.0. The van der Waals surface area contributed by atoms with Crippen LogP contribution in [-0.2, 0) is 71.1 Å². The number of imidazole rings is 5. The molecule has 0 radical (unpaired) electrons. The third-order valence-electron chi connectivity index (χ3n) is 7.84. The number of aryl methyl sites for hydroxylation is 5. The molecule has 0 aliphatic rings. The van der Waals surface area contributed by atoms with Gasteiger partial charge in [-0.3, -0.25) is 0 Å². The second kappa shape index (κ2) is 24.6. The number of hydrogen-bond acceptors (Lipinski definition) is 13. The summed E-state index contributed by atoms with van der Waals surface area (Å²) in [7, 11) is 13.5. The van der Waals surface area contributed by atoms with Crippen LogP contribution in [0.1, 0.15) is 30.9 Å². The first kappa shape index (κ1) is 57.8. The van der Waals surface area contributed by atoms with E-state index in [0.717, 1.165) is 55.7 Å². The maximum atomic E-state index is 12.8. The number of fused-ring (bicyclic) bond motifs is 3. The molecule has 8 heterocycles. The van der Waals surface area contributed by atoms with Gasteiger partial charge in [-0.1, -0.05) is 19.9 Å². The maximum absolute atomic E-state index is 12.8. The maximum Gasteiger partial charge on any atom is 1.00 e. The Labute approximate surface area is 417 Å². The third kappa shape index (κ3) is 14.6. The Morgan fingerprint density at radius 3 is 1.57 bits per heavy atom. The van der Waals surface area contributed by atoms with Crippen LogP contribution in [-0.4, -0.2) is 89.9 Å². The monoisotopic (exact) mass is 1150 g/mol. The largest absolute Gasteiger partial charge is 1.00 e. The second-order valence-corrected chi connectivity index (χ2v) is 15.8. The first-order valence-corrected chi connectivity index (χ1v) is 24.3. The van der Waals surface area contributed by atoms with Crippen LogP contribution in [0.15, 0.2) is 47.2 Å². The molecular formula is C33H31Cl2F9ILiN16S2Zn. The van der Waals surface area contributed by atoms with E-state index in [0.29, 0.717) is 17.2 Å². The van der Waals surface area contributed by atoms with E-state index in [-0.39, 0.29) is 59.1 Å². The molecule has 0 aliphatic carbocycles. The molecule has 342 valence electrons. The van der Waals surface area contributed by atoms with Gasteiger partial charge in [0.2, 0.25) is 0 Å². The van der Waals surface area contributed by atoms with Crippen molar-refractivity contribution in [3.63, 3.8) is 0 Å². The molecule has 0 unspecified atom stereocenters. The molecule has 0 amide bonds. The van der Waals surface area contributed by atoms with Crippen molar-refractivity contribution in [2.24, 2.45) is 35.2 Å². The number of rotatable bonds is 5. The molecule has 8 rings (SSSR count). The van der Waals surface area contributed by atoms with Crippen molar-refractivity contribution in [1.82, 2.24) is 78.3 Å². The molecule has 0 saturated carbocycles. The van der Waals surface area contributed by atoms with Crippen molar-refractivity contribution < 1.29 is 88.1 Å². The summed E-state index contributed by atoms with van der Waals surface area (Å²) >= 11 is 6.51. The van der Waals surface area contributed by atoms with Crippen LogP contribution in [0.25, 0.3) is 45.0 Å². The van der Waals surface area contributed by atoms with Crippen molar-refractivity contribution in [1.29, 1.82) is 0 Å². The molecule has 0 atom stereocenters. The molecule has 32 heteroatoms. The molecule has 65 heavy (non-hydrogen) atoms. The smallest absolute Gasteiger partial charge is 1.00 e. The summed E-state index contributed by atoms with van der Waals surface area (Å²) in [6.45, 7) is 4.16. The van der Waals surface area contributed by atoms with Gasteiger partial charge >= 0.3 is 64.4 Å². The van der Waals surface area contributed by atoms with Crippen LogP contribution in [0.5, 0.6) is 0 Å². The van der Waals surface area contributed by atoms with Crippen molar-refractivity contribution in [2.75, 3.05) is 11.5 Å². The Morgan fingerprint density at radius 2 is 1.06 bits per heavy atom. The zero-order chi connectivity index (χ0) is 47.0.